The third-order valence-corrected chi connectivity index (χ3v) is 4.59. The van der Waals surface area contributed by atoms with E-state index in [-0.39, 0.29) is 16.8 Å². The normalized spacial score (nSPS) is 11.5. The second-order valence-corrected chi connectivity index (χ2v) is 6.95. The number of rotatable bonds is 6. The zero-order valence-corrected chi connectivity index (χ0v) is 17.1. The Morgan fingerprint density at radius 2 is 1.53 bits per heavy atom. The molecule has 4 aromatic rings. The van der Waals surface area contributed by atoms with E-state index in [9.17, 15) is 14.4 Å². The van der Waals surface area contributed by atoms with Gasteiger partial charge in [-0.2, -0.15) is 0 Å². The molecule has 0 aliphatic carbocycles. The first-order valence-electron chi connectivity index (χ1n) is 9.87. The lowest BCUT2D eigenvalue weighted by molar-refractivity contribution is -0.123. The number of anilines is 1. The van der Waals surface area contributed by atoms with Gasteiger partial charge in [-0.3, -0.25) is 9.59 Å². The van der Waals surface area contributed by atoms with Crippen molar-refractivity contribution in [3.63, 3.8) is 0 Å². The van der Waals surface area contributed by atoms with Crippen LogP contribution in [-0.4, -0.2) is 18.0 Å². The Balaban J connectivity index is 1.37. The van der Waals surface area contributed by atoms with E-state index in [1.54, 1.807) is 48.5 Å². The van der Waals surface area contributed by atoms with Crippen LogP contribution in [0.2, 0.25) is 0 Å². The second kappa shape index (κ2) is 9.18. The summed E-state index contributed by atoms with van der Waals surface area (Å²) in [6.07, 6.45) is -1.11. The summed E-state index contributed by atoms with van der Waals surface area (Å²) in [5.74, 6) is -0.388. The summed E-state index contributed by atoms with van der Waals surface area (Å²) in [6.45, 7) is 1.43. The Morgan fingerprint density at radius 3 is 2.28 bits per heavy atom. The third-order valence-electron chi connectivity index (χ3n) is 4.59. The van der Waals surface area contributed by atoms with E-state index in [0.717, 1.165) is 6.07 Å². The second-order valence-electron chi connectivity index (χ2n) is 6.95. The molecule has 1 heterocycles. The van der Waals surface area contributed by atoms with Gasteiger partial charge in [-0.05, 0) is 55.5 Å². The maximum atomic E-state index is 12.4. The van der Waals surface area contributed by atoms with E-state index in [0.29, 0.717) is 22.6 Å². The summed E-state index contributed by atoms with van der Waals surface area (Å²) in [5, 5.41) is 3.02. The summed E-state index contributed by atoms with van der Waals surface area (Å²) in [7, 11) is 0. The van der Waals surface area contributed by atoms with Gasteiger partial charge in [-0.1, -0.05) is 30.3 Å². The first-order valence-corrected chi connectivity index (χ1v) is 9.87. The summed E-state index contributed by atoms with van der Waals surface area (Å²) >= 11 is 0. The molecular formula is C25H19NO6. The standard InChI is InChI=1S/C25H19NO6/c1-16(30-25(29)23-15-21(27)20-9-5-6-10-22(20)32-23)24(28)26-17-11-13-19(14-12-17)31-18-7-3-2-4-8-18/h2-16H,1H3,(H,26,28)/t16-/m1/s1. The van der Waals surface area contributed by atoms with E-state index in [1.807, 2.05) is 30.3 Å². The predicted molar refractivity (Wildman–Crippen MR) is 119 cm³/mol. The number of fused-ring (bicyclic) bond motifs is 1. The molecule has 0 bridgehead atoms. The van der Waals surface area contributed by atoms with Crippen molar-refractivity contribution < 1.29 is 23.5 Å². The molecule has 1 N–H and O–H groups in total. The van der Waals surface area contributed by atoms with Crippen LogP contribution < -0.4 is 15.5 Å². The van der Waals surface area contributed by atoms with Crippen molar-refractivity contribution in [1.82, 2.24) is 0 Å². The fourth-order valence-corrected chi connectivity index (χ4v) is 2.95. The van der Waals surface area contributed by atoms with Gasteiger partial charge in [0.1, 0.15) is 17.1 Å². The Morgan fingerprint density at radius 1 is 0.875 bits per heavy atom. The van der Waals surface area contributed by atoms with Crippen LogP contribution in [0.3, 0.4) is 0 Å². The number of para-hydroxylation sites is 2. The third kappa shape index (κ3) is 4.84. The molecule has 0 fully saturated rings. The van der Waals surface area contributed by atoms with E-state index in [2.05, 4.69) is 5.32 Å². The van der Waals surface area contributed by atoms with Gasteiger partial charge in [0.15, 0.2) is 11.5 Å². The number of amides is 1. The van der Waals surface area contributed by atoms with Crippen molar-refractivity contribution in [2.45, 2.75) is 13.0 Å². The van der Waals surface area contributed by atoms with Gasteiger partial charge < -0.3 is 19.2 Å². The molecule has 7 nitrogen and oxygen atoms in total. The topological polar surface area (TPSA) is 94.8 Å². The van der Waals surface area contributed by atoms with Gasteiger partial charge in [0.2, 0.25) is 5.76 Å². The van der Waals surface area contributed by atoms with Crippen LogP contribution in [0.1, 0.15) is 17.5 Å². The van der Waals surface area contributed by atoms with Crippen LogP contribution in [0.25, 0.3) is 11.0 Å². The molecule has 160 valence electrons. The fourth-order valence-electron chi connectivity index (χ4n) is 2.95. The molecule has 0 saturated heterocycles. The average Bonchev–Trinajstić information content (AvgIpc) is 2.81. The van der Waals surface area contributed by atoms with Gasteiger partial charge in [-0.25, -0.2) is 4.79 Å². The van der Waals surface area contributed by atoms with Crippen LogP contribution in [0.5, 0.6) is 11.5 Å². The molecule has 7 heteroatoms. The van der Waals surface area contributed by atoms with Crippen LogP contribution in [0.4, 0.5) is 5.69 Å². The zero-order chi connectivity index (χ0) is 22.5. The highest BCUT2D eigenvalue weighted by Crippen LogP contribution is 2.23. The highest BCUT2D eigenvalue weighted by atomic mass is 16.6. The Labute approximate surface area is 183 Å². The SMILES string of the molecule is C[C@@H](OC(=O)c1cc(=O)c2ccccc2o1)C(=O)Nc1ccc(Oc2ccccc2)cc1. The number of hydrogen-bond acceptors (Lipinski definition) is 6. The van der Waals surface area contributed by atoms with Crippen molar-refractivity contribution in [2.24, 2.45) is 0 Å². The predicted octanol–water partition coefficient (Wildman–Crippen LogP) is 4.77. The first-order chi connectivity index (χ1) is 15.5. The number of esters is 1. The summed E-state index contributed by atoms with van der Waals surface area (Å²) in [4.78, 5) is 36.9. The number of carbonyl (C=O) groups excluding carboxylic acids is 2. The van der Waals surface area contributed by atoms with Gasteiger partial charge in [0.25, 0.3) is 5.91 Å². The molecule has 1 aromatic heterocycles. The van der Waals surface area contributed by atoms with Crippen molar-refractivity contribution in [3.05, 3.63) is 101 Å². The number of ether oxygens (including phenoxy) is 2. The molecule has 0 aliphatic rings. The van der Waals surface area contributed by atoms with E-state index in [4.69, 9.17) is 13.9 Å². The molecule has 0 spiro atoms. The van der Waals surface area contributed by atoms with E-state index >= 15 is 0 Å². The van der Waals surface area contributed by atoms with Crippen LogP contribution >= 0.6 is 0 Å². The van der Waals surface area contributed by atoms with Crippen molar-refractivity contribution in [3.8, 4) is 11.5 Å². The lowest BCUT2D eigenvalue weighted by Crippen LogP contribution is -2.30. The minimum absolute atomic E-state index is 0.266. The van der Waals surface area contributed by atoms with Crippen molar-refractivity contribution in [2.75, 3.05) is 5.32 Å². The molecule has 0 radical (unpaired) electrons. The lowest BCUT2D eigenvalue weighted by atomic mass is 10.2. The van der Waals surface area contributed by atoms with Crippen molar-refractivity contribution in [1.29, 1.82) is 0 Å². The van der Waals surface area contributed by atoms with E-state index in [1.165, 1.54) is 6.92 Å². The monoisotopic (exact) mass is 429 g/mol. The highest BCUT2D eigenvalue weighted by molar-refractivity contribution is 5.97. The molecule has 1 amide bonds. The maximum absolute atomic E-state index is 12.4. The number of hydrogen-bond donors (Lipinski definition) is 1. The molecule has 0 aliphatic heterocycles. The fraction of sp³-hybridized carbons (Fsp3) is 0.0800. The maximum Gasteiger partial charge on any atom is 0.375 e. The highest BCUT2D eigenvalue weighted by Gasteiger charge is 2.21. The number of benzene rings is 3. The Bertz CT molecular complexity index is 1310. The molecular weight excluding hydrogens is 410 g/mol. The summed E-state index contributed by atoms with van der Waals surface area (Å²) < 4.78 is 16.3. The van der Waals surface area contributed by atoms with Gasteiger partial charge in [0.05, 0.1) is 5.39 Å². The summed E-state index contributed by atoms with van der Waals surface area (Å²) in [5.41, 5.74) is 0.408. The molecule has 0 saturated carbocycles. The molecule has 32 heavy (non-hydrogen) atoms. The van der Waals surface area contributed by atoms with E-state index < -0.39 is 18.0 Å². The average molecular weight is 429 g/mol. The number of carbonyl (C=O) groups is 2. The van der Waals surface area contributed by atoms with Crippen LogP contribution in [0.15, 0.2) is 94.1 Å². The molecule has 3 aromatic carbocycles. The minimum atomic E-state index is -1.11. The number of nitrogens with one attached hydrogen (secondary N) is 1. The quantitative estimate of drug-likeness (QED) is 0.444. The largest absolute Gasteiger partial charge is 0.457 e. The first kappa shape index (κ1) is 20.9. The minimum Gasteiger partial charge on any atom is -0.457 e. The summed E-state index contributed by atoms with van der Waals surface area (Å²) in [6, 6.07) is 23.7. The smallest absolute Gasteiger partial charge is 0.375 e. The molecule has 0 unspecified atom stereocenters. The Hall–Kier alpha value is -4.39. The van der Waals surface area contributed by atoms with Crippen LogP contribution in [-0.2, 0) is 9.53 Å². The zero-order valence-electron chi connectivity index (χ0n) is 17.1. The van der Waals surface area contributed by atoms with Crippen LogP contribution in [0, 0.1) is 0 Å². The van der Waals surface area contributed by atoms with Gasteiger partial charge in [0, 0.05) is 11.8 Å². The molecule has 4 rings (SSSR count). The Kier molecular flexibility index (Phi) is 5.98. The van der Waals surface area contributed by atoms with Gasteiger partial charge >= 0.3 is 5.97 Å². The lowest BCUT2D eigenvalue weighted by Gasteiger charge is -2.13. The molecule has 1 atom stereocenters. The van der Waals surface area contributed by atoms with Crippen molar-refractivity contribution >= 4 is 28.5 Å². The van der Waals surface area contributed by atoms with Gasteiger partial charge in [-0.15, -0.1) is 0 Å².